The number of carbonyl (C=O) groups is 1. The fourth-order valence-corrected chi connectivity index (χ4v) is 5.14. The molecule has 0 spiro atoms. The Morgan fingerprint density at radius 3 is 2.69 bits per heavy atom. The number of carbonyl (C=O) groups excluding carboxylic acids is 1. The Morgan fingerprint density at radius 2 is 1.86 bits per heavy atom. The summed E-state index contributed by atoms with van der Waals surface area (Å²) in [4.78, 5) is 19.9. The Bertz CT molecular complexity index is 1460. The zero-order valence-corrected chi connectivity index (χ0v) is 21.9. The van der Waals surface area contributed by atoms with Gasteiger partial charge in [-0.2, -0.15) is 0 Å². The number of rotatable bonds is 4. The fraction of sp³-hybridized carbons (Fsp3) is 0.179. The lowest BCUT2D eigenvalue weighted by Gasteiger charge is -2.22. The molecule has 0 aromatic heterocycles. The summed E-state index contributed by atoms with van der Waals surface area (Å²) in [6.07, 6.45) is 4.79. The van der Waals surface area contributed by atoms with E-state index in [0.717, 1.165) is 40.3 Å². The lowest BCUT2D eigenvalue weighted by molar-refractivity contribution is -0.119. The topological polar surface area (TPSA) is 56.7 Å². The van der Waals surface area contributed by atoms with Crippen LogP contribution in [-0.4, -0.2) is 29.9 Å². The Morgan fingerprint density at radius 1 is 1.08 bits per heavy atom. The van der Waals surface area contributed by atoms with Crippen molar-refractivity contribution in [2.75, 3.05) is 11.9 Å². The zero-order valence-electron chi connectivity index (χ0n) is 19.6. The average molecular weight is 536 g/mol. The number of nitrogens with zero attached hydrogens (tertiary/aromatic N) is 2. The Labute approximate surface area is 225 Å². The van der Waals surface area contributed by atoms with E-state index in [1.165, 1.54) is 0 Å². The third kappa shape index (κ3) is 4.89. The number of likely N-dealkylation sites (N-methyl/N-ethyl adjacent to an activating group) is 1. The van der Waals surface area contributed by atoms with Crippen molar-refractivity contribution >= 4 is 68.6 Å². The van der Waals surface area contributed by atoms with Crippen LogP contribution in [0.3, 0.4) is 0 Å². The number of fused-ring (bicyclic) bond motifs is 2. The number of halogens is 2. The molecule has 2 N–H and O–H groups in total. The van der Waals surface area contributed by atoms with E-state index in [-0.39, 0.29) is 5.91 Å². The van der Waals surface area contributed by atoms with E-state index in [2.05, 4.69) is 41.0 Å². The number of benzodiazepines with no additional fused rings is 1. The SMILES string of the molecule is CN1C(=O)C(NC(=S)NCc2cccc3ccccc23)N=C(C2=CCCC=C2Cl)c2cc(Cl)ccc21. The summed E-state index contributed by atoms with van der Waals surface area (Å²) >= 11 is 18.5. The molecular formula is C28H24Cl2N4OS. The van der Waals surface area contributed by atoms with Crippen LogP contribution in [0.2, 0.25) is 5.02 Å². The predicted octanol–water partition coefficient (Wildman–Crippen LogP) is 6.09. The number of hydrogen-bond donors (Lipinski definition) is 2. The monoisotopic (exact) mass is 534 g/mol. The molecule has 0 fully saturated rings. The van der Waals surface area contributed by atoms with E-state index in [4.69, 9.17) is 40.4 Å². The molecule has 36 heavy (non-hydrogen) atoms. The van der Waals surface area contributed by atoms with Crippen LogP contribution in [-0.2, 0) is 11.3 Å². The van der Waals surface area contributed by atoms with Gasteiger partial charge in [-0.1, -0.05) is 77.8 Å². The van der Waals surface area contributed by atoms with Crippen molar-refractivity contribution in [3.8, 4) is 0 Å². The second kappa shape index (κ2) is 10.4. The largest absolute Gasteiger partial charge is 0.359 e. The van der Waals surface area contributed by atoms with Gasteiger partial charge in [-0.05, 0) is 59.6 Å². The first-order valence-corrected chi connectivity index (χ1v) is 12.8. The number of hydrogen-bond acceptors (Lipinski definition) is 3. The molecular weight excluding hydrogens is 511 g/mol. The predicted molar refractivity (Wildman–Crippen MR) is 153 cm³/mol. The van der Waals surface area contributed by atoms with Crippen LogP contribution in [0.15, 0.2) is 88.4 Å². The van der Waals surface area contributed by atoms with E-state index < -0.39 is 6.17 Å². The van der Waals surface area contributed by atoms with Crippen LogP contribution in [0.4, 0.5) is 5.69 Å². The molecule has 0 saturated carbocycles. The molecule has 1 atom stereocenters. The first kappa shape index (κ1) is 24.5. The van der Waals surface area contributed by atoms with Crippen molar-refractivity contribution in [1.82, 2.24) is 10.6 Å². The van der Waals surface area contributed by atoms with E-state index in [0.29, 0.717) is 33.1 Å². The fourth-order valence-electron chi connectivity index (χ4n) is 4.51. The molecule has 0 saturated heterocycles. The summed E-state index contributed by atoms with van der Waals surface area (Å²) in [5, 5.41) is 10.2. The standard InChI is InChI=1S/C28H24Cl2N4OS/c1-34-24-14-13-19(29)15-22(24)25(21-11-4-5-12-23(21)30)32-26(27(34)35)33-28(36)31-16-18-9-6-8-17-7-2-3-10-20(17)18/h2-3,6-15,26H,4-5,16H2,1H3,(H2,31,33,36). The molecule has 2 aliphatic rings. The van der Waals surface area contributed by atoms with Crippen molar-refractivity contribution < 1.29 is 4.79 Å². The highest BCUT2D eigenvalue weighted by atomic mass is 35.5. The van der Waals surface area contributed by atoms with Gasteiger partial charge in [0.2, 0.25) is 6.17 Å². The minimum Gasteiger partial charge on any atom is -0.359 e. The maximum absolute atomic E-state index is 13.5. The van der Waals surface area contributed by atoms with Gasteiger partial charge in [0.05, 0.1) is 11.4 Å². The molecule has 182 valence electrons. The van der Waals surface area contributed by atoms with Gasteiger partial charge in [-0.25, -0.2) is 4.99 Å². The van der Waals surface area contributed by atoms with Gasteiger partial charge in [0, 0.05) is 34.8 Å². The normalized spacial score (nSPS) is 17.5. The number of thiocarbonyl (C=S) groups is 1. The number of aliphatic imine (C=N–C) groups is 1. The second-order valence-corrected chi connectivity index (χ2v) is 9.90. The molecule has 1 unspecified atom stereocenters. The minimum absolute atomic E-state index is 0.237. The second-order valence-electron chi connectivity index (χ2n) is 8.65. The number of anilines is 1. The Hall–Kier alpha value is -3.19. The maximum Gasteiger partial charge on any atom is 0.272 e. The van der Waals surface area contributed by atoms with E-state index in [1.54, 1.807) is 18.0 Å². The summed E-state index contributed by atoms with van der Waals surface area (Å²) in [6, 6.07) is 19.8. The quantitative estimate of drug-likeness (QED) is 0.397. The highest BCUT2D eigenvalue weighted by Crippen LogP contribution is 2.34. The molecule has 5 nitrogen and oxygen atoms in total. The third-order valence-corrected chi connectivity index (χ3v) is 7.19. The maximum atomic E-state index is 13.5. The average Bonchev–Trinajstić information content (AvgIpc) is 2.98. The molecule has 1 aliphatic carbocycles. The van der Waals surface area contributed by atoms with Crippen molar-refractivity contribution in [3.05, 3.63) is 99.6 Å². The van der Waals surface area contributed by atoms with Gasteiger partial charge < -0.3 is 15.5 Å². The number of allylic oxidation sites excluding steroid dienone is 4. The first-order chi connectivity index (χ1) is 17.4. The molecule has 1 aliphatic heterocycles. The van der Waals surface area contributed by atoms with Crippen LogP contribution in [0.25, 0.3) is 10.8 Å². The van der Waals surface area contributed by atoms with Crippen LogP contribution in [0, 0.1) is 0 Å². The smallest absolute Gasteiger partial charge is 0.272 e. The molecule has 8 heteroatoms. The lowest BCUT2D eigenvalue weighted by Crippen LogP contribution is -2.49. The summed E-state index contributed by atoms with van der Waals surface area (Å²) in [7, 11) is 1.72. The molecule has 3 aromatic carbocycles. The Balaban J connectivity index is 1.44. The summed E-state index contributed by atoms with van der Waals surface area (Å²) in [5.41, 5.74) is 3.96. The highest BCUT2D eigenvalue weighted by Gasteiger charge is 2.32. The van der Waals surface area contributed by atoms with Gasteiger partial charge >= 0.3 is 0 Å². The van der Waals surface area contributed by atoms with Gasteiger partial charge in [-0.15, -0.1) is 0 Å². The minimum atomic E-state index is -0.934. The summed E-state index contributed by atoms with van der Waals surface area (Å²) in [6.45, 7) is 0.510. The van der Waals surface area contributed by atoms with Crippen LogP contribution in [0.1, 0.15) is 24.0 Å². The van der Waals surface area contributed by atoms with Crippen LogP contribution in [0.5, 0.6) is 0 Å². The van der Waals surface area contributed by atoms with Crippen molar-refractivity contribution in [2.45, 2.75) is 25.6 Å². The molecule has 1 heterocycles. The number of nitrogens with one attached hydrogen (secondary N) is 2. The third-order valence-electron chi connectivity index (χ3n) is 6.34. The number of benzene rings is 3. The molecule has 0 bridgehead atoms. The highest BCUT2D eigenvalue weighted by molar-refractivity contribution is 7.80. The van der Waals surface area contributed by atoms with Crippen molar-refractivity contribution in [2.24, 2.45) is 4.99 Å². The van der Waals surface area contributed by atoms with Gasteiger partial charge in [0.25, 0.3) is 5.91 Å². The number of amides is 1. The van der Waals surface area contributed by atoms with Crippen LogP contribution < -0.4 is 15.5 Å². The van der Waals surface area contributed by atoms with Crippen molar-refractivity contribution in [3.63, 3.8) is 0 Å². The Kier molecular flexibility index (Phi) is 7.10. The van der Waals surface area contributed by atoms with Gasteiger partial charge in [-0.3, -0.25) is 4.79 Å². The summed E-state index contributed by atoms with van der Waals surface area (Å²) < 4.78 is 0. The van der Waals surface area contributed by atoms with Gasteiger partial charge in [0.1, 0.15) is 0 Å². The van der Waals surface area contributed by atoms with E-state index >= 15 is 0 Å². The summed E-state index contributed by atoms with van der Waals surface area (Å²) in [5.74, 6) is -0.237. The first-order valence-electron chi connectivity index (χ1n) is 11.7. The van der Waals surface area contributed by atoms with E-state index in [1.807, 2.05) is 36.4 Å². The molecule has 5 rings (SSSR count). The van der Waals surface area contributed by atoms with Crippen LogP contribution >= 0.6 is 35.4 Å². The molecule has 0 radical (unpaired) electrons. The van der Waals surface area contributed by atoms with Gasteiger partial charge in [0.15, 0.2) is 5.11 Å². The molecule has 1 amide bonds. The zero-order chi connectivity index (χ0) is 25.2. The van der Waals surface area contributed by atoms with E-state index in [9.17, 15) is 4.79 Å². The van der Waals surface area contributed by atoms with Crippen molar-refractivity contribution in [1.29, 1.82) is 0 Å². The lowest BCUT2D eigenvalue weighted by atomic mass is 9.96. The molecule has 3 aromatic rings.